The van der Waals surface area contributed by atoms with Crippen LogP contribution >= 0.6 is 15.9 Å². The number of anilines is 2. The molecule has 0 spiro atoms. The van der Waals surface area contributed by atoms with E-state index in [9.17, 15) is 4.39 Å². The van der Waals surface area contributed by atoms with Crippen LogP contribution in [0.4, 0.5) is 15.8 Å². The van der Waals surface area contributed by atoms with Gasteiger partial charge in [-0.1, -0.05) is 0 Å². The van der Waals surface area contributed by atoms with Crippen LogP contribution in [0.3, 0.4) is 0 Å². The molecule has 3 N–H and O–H groups in total. The lowest BCUT2D eigenvalue weighted by molar-refractivity contribution is 0.0497. The average Bonchev–Trinajstić information content (AvgIpc) is 2.27. The summed E-state index contributed by atoms with van der Waals surface area (Å²) in [5.74, 6) is -0.329. The molecule has 6 heteroatoms. The van der Waals surface area contributed by atoms with Gasteiger partial charge in [0.05, 0.1) is 29.1 Å². The van der Waals surface area contributed by atoms with Gasteiger partial charge in [-0.3, -0.25) is 0 Å². The van der Waals surface area contributed by atoms with Crippen LogP contribution in [0.25, 0.3) is 0 Å². The number of ether oxygens (including phenoxy) is 1. The summed E-state index contributed by atoms with van der Waals surface area (Å²) in [6, 6.07) is 2.94. The van der Waals surface area contributed by atoms with Gasteiger partial charge in [-0.25, -0.2) is 9.40 Å². The quantitative estimate of drug-likeness (QED) is 0.816. The molecule has 0 bridgehead atoms. The maximum atomic E-state index is 13.3. The minimum Gasteiger partial charge on any atom is -0.397 e. The van der Waals surface area contributed by atoms with Crippen LogP contribution in [0.15, 0.2) is 16.6 Å². The van der Waals surface area contributed by atoms with Crippen LogP contribution in [-0.4, -0.2) is 31.3 Å². The second-order valence-electron chi connectivity index (χ2n) is 3.56. The summed E-state index contributed by atoms with van der Waals surface area (Å²) >= 11 is 3.09. The molecule has 4 nitrogen and oxygen atoms in total. The summed E-state index contributed by atoms with van der Waals surface area (Å²) in [4.78, 5) is 0. The van der Waals surface area contributed by atoms with Gasteiger partial charge in [-0.15, -0.1) is 0 Å². The Balaban J connectivity index is 2.11. The number of hydrazine groups is 1. The van der Waals surface area contributed by atoms with Gasteiger partial charge in [0.2, 0.25) is 0 Å². The number of rotatable bonds is 2. The Hall–Kier alpha value is -0.850. The molecule has 0 aromatic heterocycles. The van der Waals surface area contributed by atoms with Crippen molar-refractivity contribution in [3.8, 4) is 0 Å². The van der Waals surface area contributed by atoms with Gasteiger partial charge in [-0.2, -0.15) is 0 Å². The molecule has 1 heterocycles. The third kappa shape index (κ3) is 2.63. The van der Waals surface area contributed by atoms with Gasteiger partial charge in [0, 0.05) is 19.2 Å². The summed E-state index contributed by atoms with van der Waals surface area (Å²) in [5, 5.41) is 1.96. The first-order valence-corrected chi connectivity index (χ1v) is 5.80. The maximum absolute atomic E-state index is 13.3. The number of nitrogen functional groups attached to an aromatic ring is 1. The highest BCUT2D eigenvalue weighted by Crippen LogP contribution is 2.26. The number of hydrogen-bond acceptors (Lipinski definition) is 4. The lowest BCUT2D eigenvalue weighted by Crippen LogP contribution is -2.40. The fourth-order valence-corrected chi connectivity index (χ4v) is 1.87. The molecule has 0 atom stereocenters. The monoisotopic (exact) mass is 289 g/mol. The SMILES string of the molecule is Nc1cc(Br)c(F)cc1NN1CCOCC1. The molecule has 1 fully saturated rings. The first-order chi connectivity index (χ1) is 7.66. The van der Waals surface area contributed by atoms with E-state index in [0.29, 0.717) is 29.1 Å². The van der Waals surface area contributed by atoms with E-state index in [4.69, 9.17) is 10.5 Å². The van der Waals surface area contributed by atoms with E-state index in [0.717, 1.165) is 13.1 Å². The molecular weight excluding hydrogens is 277 g/mol. The van der Waals surface area contributed by atoms with E-state index in [2.05, 4.69) is 21.4 Å². The van der Waals surface area contributed by atoms with E-state index >= 15 is 0 Å². The van der Waals surface area contributed by atoms with Crippen LogP contribution in [0.1, 0.15) is 0 Å². The van der Waals surface area contributed by atoms with Gasteiger partial charge in [0.15, 0.2) is 0 Å². The van der Waals surface area contributed by atoms with E-state index < -0.39 is 0 Å². The lowest BCUT2D eigenvalue weighted by Gasteiger charge is -2.28. The molecule has 1 aliphatic rings. The van der Waals surface area contributed by atoms with Crippen molar-refractivity contribution in [1.82, 2.24) is 5.01 Å². The Kier molecular flexibility index (Phi) is 3.63. The Morgan fingerprint density at radius 1 is 1.38 bits per heavy atom. The molecular formula is C10H13BrFN3O. The number of nitrogens with two attached hydrogens (primary N) is 1. The van der Waals surface area contributed by atoms with Crippen LogP contribution in [-0.2, 0) is 4.74 Å². The third-order valence-electron chi connectivity index (χ3n) is 2.38. The van der Waals surface area contributed by atoms with Crippen LogP contribution in [0.5, 0.6) is 0 Å². The molecule has 0 radical (unpaired) electrons. The topological polar surface area (TPSA) is 50.5 Å². The molecule has 1 saturated heterocycles. The first kappa shape index (κ1) is 11.6. The fraction of sp³-hybridized carbons (Fsp3) is 0.400. The van der Waals surface area contributed by atoms with E-state index in [1.165, 1.54) is 6.07 Å². The Labute approximate surface area is 102 Å². The second kappa shape index (κ2) is 4.99. The summed E-state index contributed by atoms with van der Waals surface area (Å²) in [6.07, 6.45) is 0. The van der Waals surface area contributed by atoms with Gasteiger partial charge < -0.3 is 15.9 Å². The number of benzene rings is 1. The molecule has 0 aliphatic carbocycles. The highest BCUT2D eigenvalue weighted by Gasteiger charge is 2.12. The maximum Gasteiger partial charge on any atom is 0.139 e. The molecule has 0 saturated carbocycles. The van der Waals surface area contributed by atoms with E-state index in [1.807, 2.05) is 5.01 Å². The molecule has 16 heavy (non-hydrogen) atoms. The van der Waals surface area contributed by atoms with Crippen molar-refractivity contribution in [2.75, 3.05) is 37.5 Å². The van der Waals surface area contributed by atoms with Gasteiger partial charge in [0.1, 0.15) is 5.82 Å². The van der Waals surface area contributed by atoms with Gasteiger partial charge in [0.25, 0.3) is 0 Å². The Morgan fingerprint density at radius 3 is 2.75 bits per heavy atom. The smallest absolute Gasteiger partial charge is 0.139 e. The number of halogens is 2. The van der Waals surface area contributed by atoms with Gasteiger partial charge >= 0.3 is 0 Å². The minimum absolute atomic E-state index is 0.329. The highest BCUT2D eigenvalue weighted by molar-refractivity contribution is 9.10. The molecule has 1 aromatic rings. The lowest BCUT2D eigenvalue weighted by atomic mass is 10.2. The zero-order valence-corrected chi connectivity index (χ0v) is 10.3. The predicted molar refractivity (Wildman–Crippen MR) is 64.5 cm³/mol. The largest absolute Gasteiger partial charge is 0.397 e. The van der Waals surface area contributed by atoms with Crippen LogP contribution in [0, 0.1) is 5.82 Å². The number of morpholine rings is 1. The Morgan fingerprint density at radius 2 is 2.06 bits per heavy atom. The van der Waals surface area contributed by atoms with Crippen molar-refractivity contribution in [1.29, 1.82) is 0 Å². The van der Waals surface area contributed by atoms with Crippen molar-refractivity contribution in [3.63, 3.8) is 0 Å². The molecule has 0 unspecified atom stereocenters. The van der Waals surface area contributed by atoms with Crippen molar-refractivity contribution in [3.05, 3.63) is 22.4 Å². The van der Waals surface area contributed by atoms with Crippen molar-refractivity contribution in [2.24, 2.45) is 0 Å². The van der Waals surface area contributed by atoms with Crippen molar-refractivity contribution >= 4 is 27.3 Å². The number of nitrogens with zero attached hydrogens (tertiary/aromatic N) is 1. The predicted octanol–water partition coefficient (Wildman–Crippen LogP) is 1.83. The van der Waals surface area contributed by atoms with Crippen molar-refractivity contribution in [2.45, 2.75) is 0 Å². The van der Waals surface area contributed by atoms with E-state index in [1.54, 1.807) is 6.07 Å². The summed E-state index contributed by atoms with van der Waals surface area (Å²) < 4.78 is 18.9. The standard InChI is InChI=1S/C10H13BrFN3O/c11-7-5-9(13)10(6-8(7)12)14-15-1-3-16-4-2-15/h5-6,14H,1-4,13H2. The fourth-order valence-electron chi connectivity index (χ4n) is 1.50. The molecule has 88 valence electrons. The highest BCUT2D eigenvalue weighted by atomic mass is 79.9. The first-order valence-electron chi connectivity index (χ1n) is 5.00. The molecule has 2 rings (SSSR count). The normalized spacial score (nSPS) is 17.4. The summed E-state index contributed by atoms with van der Waals surface area (Å²) in [5.41, 5.74) is 9.97. The summed E-state index contributed by atoms with van der Waals surface area (Å²) in [6.45, 7) is 2.87. The van der Waals surface area contributed by atoms with Crippen molar-refractivity contribution < 1.29 is 9.13 Å². The second-order valence-corrected chi connectivity index (χ2v) is 4.42. The number of hydrogen-bond donors (Lipinski definition) is 2. The Bertz CT molecular complexity index is 383. The molecule has 1 aromatic carbocycles. The summed E-state index contributed by atoms with van der Waals surface area (Å²) in [7, 11) is 0. The zero-order valence-electron chi connectivity index (χ0n) is 8.67. The number of nitrogens with one attached hydrogen (secondary N) is 1. The molecule has 1 aliphatic heterocycles. The van der Waals surface area contributed by atoms with Crippen LogP contribution in [0.2, 0.25) is 0 Å². The third-order valence-corrected chi connectivity index (χ3v) is 2.99. The zero-order chi connectivity index (χ0) is 11.5. The molecule has 0 amide bonds. The van der Waals surface area contributed by atoms with Gasteiger partial charge in [-0.05, 0) is 22.0 Å². The van der Waals surface area contributed by atoms with E-state index in [-0.39, 0.29) is 5.82 Å². The van der Waals surface area contributed by atoms with Crippen LogP contribution < -0.4 is 11.2 Å². The average molecular weight is 290 g/mol. The minimum atomic E-state index is -0.329.